The molecule has 22 heavy (non-hydrogen) atoms. The van der Waals surface area contributed by atoms with Gasteiger partial charge in [0.15, 0.2) is 0 Å². The van der Waals surface area contributed by atoms with E-state index in [1.807, 2.05) is 0 Å². The molecule has 0 fully saturated rings. The molecule has 0 bridgehead atoms. The predicted octanol–water partition coefficient (Wildman–Crippen LogP) is 4.52. The lowest BCUT2D eigenvalue weighted by atomic mass is 9.77. The van der Waals surface area contributed by atoms with Crippen molar-refractivity contribution < 1.29 is 0 Å². The minimum atomic E-state index is 0.173. The van der Waals surface area contributed by atoms with Gasteiger partial charge in [-0.25, -0.2) is 0 Å². The number of hydrogen-bond donors (Lipinski definition) is 0. The summed E-state index contributed by atoms with van der Waals surface area (Å²) < 4.78 is 0. The van der Waals surface area contributed by atoms with Gasteiger partial charge in [-0.2, -0.15) is 0 Å². The lowest BCUT2D eigenvalue weighted by molar-refractivity contribution is 0.459. The standard InChI is InChI=1S/C21H25N/c1-6-8-17(3)9-10-18-11-12-20-19(16-18)21(4,5)13-15-22(20)14-7-2/h2,8,11-12,16H,6,13-15H2,1,3-5H3/b17-8+. The number of terminal acetylenes is 1. The number of anilines is 1. The fourth-order valence-corrected chi connectivity index (χ4v) is 2.90. The van der Waals surface area contributed by atoms with Gasteiger partial charge in [0.1, 0.15) is 0 Å². The van der Waals surface area contributed by atoms with Crippen LogP contribution < -0.4 is 4.90 Å². The van der Waals surface area contributed by atoms with Crippen molar-refractivity contribution in [1.29, 1.82) is 0 Å². The van der Waals surface area contributed by atoms with Gasteiger partial charge in [-0.05, 0) is 54.5 Å². The first-order chi connectivity index (χ1) is 10.5. The maximum Gasteiger partial charge on any atom is 0.0791 e. The molecule has 1 aromatic carbocycles. The zero-order chi connectivity index (χ0) is 16.2. The van der Waals surface area contributed by atoms with E-state index in [0.29, 0.717) is 6.54 Å². The van der Waals surface area contributed by atoms with E-state index in [4.69, 9.17) is 6.42 Å². The Morgan fingerprint density at radius 1 is 1.41 bits per heavy atom. The summed E-state index contributed by atoms with van der Waals surface area (Å²) in [6, 6.07) is 6.52. The van der Waals surface area contributed by atoms with Gasteiger partial charge in [0.05, 0.1) is 6.54 Å². The van der Waals surface area contributed by atoms with Gasteiger partial charge in [-0.3, -0.25) is 0 Å². The Kier molecular flexibility index (Phi) is 4.99. The van der Waals surface area contributed by atoms with Gasteiger partial charge in [0.25, 0.3) is 0 Å². The molecule has 2 rings (SSSR count). The van der Waals surface area contributed by atoms with E-state index in [1.165, 1.54) is 11.3 Å². The summed E-state index contributed by atoms with van der Waals surface area (Å²) in [6.07, 6.45) is 9.80. The van der Waals surface area contributed by atoms with Crippen molar-refractivity contribution >= 4 is 5.69 Å². The van der Waals surface area contributed by atoms with E-state index in [0.717, 1.165) is 30.5 Å². The quantitative estimate of drug-likeness (QED) is 0.724. The number of fused-ring (bicyclic) bond motifs is 1. The van der Waals surface area contributed by atoms with Crippen LogP contribution in [0.2, 0.25) is 0 Å². The molecular weight excluding hydrogens is 266 g/mol. The molecule has 0 saturated carbocycles. The third-order valence-electron chi connectivity index (χ3n) is 4.27. The number of benzene rings is 1. The lowest BCUT2D eigenvalue weighted by Gasteiger charge is -2.39. The molecule has 0 aromatic heterocycles. The summed E-state index contributed by atoms with van der Waals surface area (Å²) in [5, 5.41) is 0. The molecule has 1 nitrogen and oxygen atoms in total. The molecule has 0 radical (unpaired) electrons. The van der Waals surface area contributed by atoms with Gasteiger partial charge < -0.3 is 4.90 Å². The average Bonchev–Trinajstić information content (AvgIpc) is 2.49. The fourth-order valence-electron chi connectivity index (χ4n) is 2.90. The molecule has 1 heterocycles. The highest BCUT2D eigenvalue weighted by Crippen LogP contribution is 2.39. The smallest absolute Gasteiger partial charge is 0.0791 e. The van der Waals surface area contributed by atoms with E-state index in [1.54, 1.807) is 0 Å². The van der Waals surface area contributed by atoms with Gasteiger partial charge >= 0.3 is 0 Å². The first-order valence-electron chi connectivity index (χ1n) is 7.99. The summed E-state index contributed by atoms with van der Waals surface area (Å²) in [6.45, 7) is 10.5. The highest BCUT2D eigenvalue weighted by molar-refractivity contribution is 5.62. The Morgan fingerprint density at radius 2 is 2.18 bits per heavy atom. The molecule has 0 atom stereocenters. The fraction of sp³-hybridized carbons (Fsp3) is 0.429. The Bertz CT molecular complexity index is 674. The number of allylic oxidation sites excluding steroid dienone is 2. The van der Waals surface area contributed by atoms with E-state index in [2.05, 4.69) is 74.6 Å². The maximum absolute atomic E-state index is 5.50. The van der Waals surface area contributed by atoms with Gasteiger partial charge in [-0.15, -0.1) is 6.42 Å². The second-order valence-corrected chi connectivity index (χ2v) is 6.54. The normalized spacial score (nSPS) is 16.3. The minimum Gasteiger partial charge on any atom is -0.360 e. The van der Waals surface area contributed by atoms with Crippen LogP contribution in [0.25, 0.3) is 0 Å². The van der Waals surface area contributed by atoms with E-state index < -0.39 is 0 Å². The van der Waals surface area contributed by atoms with E-state index in [9.17, 15) is 0 Å². The summed E-state index contributed by atoms with van der Waals surface area (Å²) in [4.78, 5) is 2.29. The summed E-state index contributed by atoms with van der Waals surface area (Å²) >= 11 is 0. The first-order valence-corrected chi connectivity index (χ1v) is 7.99. The number of rotatable bonds is 2. The Morgan fingerprint density at radius 3 is 2.86 bits per heavy atom. The van der Waals surface area contributed by atoms with Gasteiger partial charge in [-0.1, -0.05) is 44.6 Å². The molecule has 114 valence electrons. The summed E-state index contributed by atoms with van der Waals surface area (Å²) in [5.41, 5.74) is 5.01. The maximum atomic E-state index is 5.50. The van der Waals surface area contributed by atoms with Crippen LogP contribution in [0, 0.1) is 24.2 Å². The summed E-state index contributed by atoms with van der Waals surface area (Å²) in [5.74, 6) is 9.29. The second kappa shape index (κ2) is 6.76. The molecule has 0 aliphatic carbocycles. The van der Waals surface area contributed by atoms with Crippen molar-refractivity contribution in [1.82, 2.24) is 0 Å². The highest BCUT2D eigenvalue weighted by Gasteiger charge is 2.30. The zero-order valence-electron chi connectivity index (χ0n) is 14.2. The van der Waals surface area contributed by atoms with E-state index >= 15 is 0 Å². The predicted molar refractivity (Wildman–Crippen MR) is 96.1 cm³/mol. The third kappa shape index (κ3) is 3.55. The second-order valence-electron chi connectivity index (χ2n) is 6.54. The van der Waals surface area contributed by atoms with Crippen LogP contribution in [0.15, 0.2) is 29.8 Å². The van der Waals surface area contributed by atoms with Crippen molar-refractivity contribution in [2.45, 2.75) is 46.0 Å². The van der Waals surface area contributed by atoms with Crippen molar-refractivity contribution in [2.24, 2.45) is 0 Å². The Labute approximate surface area is 135 Å². The third-order valence-corrected chi connectivity index (χ3v) is 4.27. The van der Waals surface area contributed by atoms with Crippen LogP contribution in [0.3, 0.4) is 0 Å². The first kappa shape index (κ1) is 16.3. The minimum absolute atomic E-state index is 0.173. The van der Waals surface area contributed by atoms with Crippen LogP contribution in [-0.2, 0) is 5.41 Å². The molecule has 0 amide bonds. The molecular formula is C21H25N. The SMILES string of the molecule is C#CCN1CCC(C)(C)c2cc(C#C/C(C)=C/CC)ccc21. The molecule has 0 N–H and O–H groups in total. The highest BCUT2D eigenvalue weighted by atomic mass is 15.1. The Hall–Kier alpha value is -2.12. The largest absolute Gasteiger partial charge is 0.360 e. The molecule has 1 heteroatoms. The Balaban J connectivity index is 2.40. The molecule has 0 unspecified atom stereocenters. The van der Waals surface area contributed by atoms with E-state index in [-0.39, 0.29) is 5.41 Å². The number of nitrogens with zero attached hydrogens (tertiary/aromatic N) is 1. The van der Waals surface area contributed by atoms with Crippen molar-refractivity contribution in [3.8, 4) is 24.2 Å². The van der Waals surface area contributed by atoms with Crippen molar-refractivity contribution in [3.63, 3.8) is 0 Å². The molecule has 1 aromatic rings. The van der Waals surface area contributed by atoms with Gasteiger partial charge in [0.2, 0.25) is 0 Å². The molecule has 0 spiro atoms. The van der Waals surface area contributed by atoms with Crippen LogP contribution in [0.5, 0.6) is 0 Å². The van der Waals surface area contributed by atoms with Gasteiger partial charge in [0, 0.05) is 17.8 Å². The van der Waals surface area contributed by atoms with Crippen molar-refractivity contribution in [2.75, 3.05) is 18.0 Å². The lowest BCUT2D eigenvalue weighted by Crippen LogP contribution is -2.37. The van der Waals surface area contributed by atoms with Crippen LogP contribution >= 0.6 is 0 Å². The molecule has 1 aliphatic rings. The van der Waals surface area contributed by atoms with Crippen molar-refractivity contribution in [3.05, 3.63) is 41.0 Å². The van der Waals surface area contributed by atoms with Crippen LogP contribution in [0.4, 0.5) is 5.69 Å². The van der Waals surface area contributed by atoms with Crippen LogP contribution in [0.1, 0.15) is 51.7 Å². The topological polar surface area (TPSA) is 3.24 Å². The average molecular weight is 291 g/mol. The monoisotopic (exact) mass is 291 g/mol. The molecule has 1 aliphatic heterocycles. The van der Waals surface area contributed by atoms with Crippen LogP contribution in [-0.4, -0.2) is 13.1 Å². The number of hydrogen-bond acceptors (Lipinski definition) is 1. The molecule has 0 saturated heterocycles. The summed E-state index contributed by atoms with van der Waals surface area (Å²) in [7, 11) is 0. The zero-order valence-corrected chi connectivity index (χ0v) is 14.2.